The topological polar surface area (TPSA) is 121 Å². The number of esters is 1. The van der Waals surface area contributed by atoms with Gasteiger partial charge < -0.3 is 19.2 Å². The van der Waals surface area contributed by atoms with Crippen LogP contribution in [0, 0.1) is 17.0 Å². The summed E-state index contributed by atoms with van der Waals surface area (Å²) in [7, 11) is 0. The van der Waals surface area contributed by atoms with Crippen LogP contribution in [0.4, 0.5) is 11.4 Å². The van der Waals surface area contributed by atoms with E-state index in [2.05, 4.69) is 5.32 Å². The first-order chi connectivity index (χ1) is 14.3. The van der Waals surface area contributed by atoms with Gasteiger partial charge in [-0.3, -0.25) is 14.9 Å². The predicted octanol–water partition coefficient (Wildman–Crippen LogP) is 4.23. The summed E-state index contributed by atoms with van der Waals surface area (Å²) in [6.45, 7) is 5.44. The van der Waals surface area contributed by atoms with E-state index in [0.29, 0.717) is 28.9 Å². The molecule has 3 rings (SSSR count). The normalized spacial score (nSPS) is 11.7. The van der Waals surface area contributed by atoms with Crippen molar-refractivity contribution in [3.63, 3.8) is 0 Å². The number of ether oxygens (including phenoxy) is 2. The third-order valence-electron chi connectivity index (χ3n) is 4.42. The molecule has 0 saturated heterocycles. The van der Waals surface area contributed by atoms with Crippen LogP contribution >= 0.6 is 0 Å². The van der Waals surface area contributed by atoms with Crippen LogP contribution in [0.5, 0.6) is 5.75 Å². The molecule has 1 N–H and O–H groups in total. The standard InChI is InChI=1S/C21H20N2O7/c1-4-28-14-9-10-18-15(11-14)12(2)19(30-18)21(25)29-13(3)20(24)22-16-7-5-6-8-17(16)23(26)27/h5-11,13H,4H2,1-3H3,(H,22,24)/t13-/m1/s1. The van der Waals surface area contributed by atoms with Crippen molar-refractivity contribution in [1.29, 1.82) is 0 Å². The van der Waals surface area contributed by atoms with Crippen molar-refractivity contribution < 1.29 is 28.4 Å². The van der Waals surface area contributed by atoms with Crippen molar-refractivity contribution in [1.82, 2.24) is 0 Å². The molecule has 3 aromatic rings. The van der Waals surface area contributed by atoms with E-state index in [1.54, 1.807) is 31.2 Å². The SMILES string of the molecule is CCOc1ccc2oc(C(=O)O[C@H](C)C(=O)Nc3ccccc3[N+](=O)[O-])c(C)c2c1. The van der Waals surface area contributed by atoms with E-state index < -0.39 is 22.9 Å². The van der Waals surface area contributed by atoms with Crippen molar-refractivity contribution in [2.45, 2.75) is 26.9 Å². The fourth-order valence-electron chi connectivity index (χ4n) is 2.89. The molecule has 0 unspecified atom stereocenters. The number of hydrogen-bond donors (Lipinski definition) is 1. The monoisotopic (exact) mass is 412 g/mol. The molecule has 0 spiro atoms. The maximum Gasteiger partial charge on any atom is 0.375 e. The van der Waals surface area contributed by atoms with E-state index in [1.165, 1.54) is 25.1 Å². The predicted molar refractivity (Wildman–Crippen MR) is 109 cm³/mol. The summed E-state index contributed by atoms with van der Waals surface area (Å²) >= 11 is 0. The molecule has 1 amide bonds. The number of carbonyl (C=O) groups is 2. The second-order valence-corrected chi connectivity index (χ2v) is 6.46. The van der Waals surface area contributed by atoms with Crippen molar-refractivity contribution in [2.24, 2.45) is 0 Å². The van der Waals surface area contributed by atoms with Crippen LogP contribution in [0.3, 0.4) is 0 Å². The highest BCUT2D eigenvalue weighted by molar-refractivity contribution is 6.00. The first kappa shape index (κ1) is 20.8. The molecule has 0 radical (unpaired) electrons. The summed E-state index contributed by atoms with van der Waals surface area (Å²) < 4.78 is 16.3. The Labute approximate surface area is 171 Å². The van der Waals surface area contributed by atoms with Crippen LogP contribution < -0.4 is 10.1 Å². The number of rotatable bonds is 7. The Balaban J connectivity index is 1.75. The lowest BCUT2D eigenvalue weighted by Crippen LogP contribution is -2.30. The van der Waals surface area contributed by atoms with Gasteiger partial charge >= 0.3 is 5.97 Å². The van der Waals surface area contributed by atoms with Gasteiger partial charge in [0.25, 0.3) is 11.6 Å². The van der Waals surface area contributed by atoms with Gasteiger partial charge in [0.15, 0.2) is 6.10 Å². The third-order valence-corrected chi connectivity index (χ3v) is 4.42. The average molecular weight is 412 g/mol. The van der Waals surface area contributed by atoms with Gasteiger partial charge in [0.1, 0.15) is 17.0 Å². The van der Waals surface area contributed by atoms with E-state index in [4.69, 9.17) is 13.9 Å². The summed E-state index contributed by atoms with van der Waals surface area (Å²) in [6.07, 6.45) is -1.20. The number of amides is 1. The van der Waals surface area contributed by atoms with E-state index in [0.717, 1.165) is 0 Å². The van der Waals surface area contributed by atoms with Gasteiger partial charge in [-0.15, -0.1) is 0 Å². The number of nitrogens with one attached hydrogen (secondary N) is 1. The summed E-state index contributed by atoms with van der Waals surface area (Å²) in [5.74, 6) is -0.896. The molecule has 2 aromatic carbocycles. The number of aryl methyl sites for hydroxylation is 1. The van der Waals surface area contributed by atoms with Crippen molar-refractivity contribution in [3.05, 3.63) is 63.9 Å². The summed E-state index contributed by atoms with van der Waals surface area (Å²) in [6, 6.07) is 10.9. The van der Waals surface area contributed by atoms with Gasteiger partial charge in [-0.1, -0.05) is 12.1 Å². The van der Waals surface area contributed by atoms with E-state index in [-0.39, 0.29) is 17.1 Å². The van der Waals surface area contributed by atoms with E-state index in [1.807, 2.05) is 6.92 Å². The molecule has 1 heterocycles. The van der Waals surface area contributed by atoms with Gasteiger partial charge in [-0.25, -0.2) is 4.79 Å². The molecule has 0 saturated carbocycles. The summed E-state index contributed by atoms with van der Waals surface area (Å²) in [4.78, 5) is 35.4. The number of hydrogen-bond acceptors (Lipinski definition) is 7. The number of anilines is 1. The minimum Gasteiger partial charge on any atom is -0.494 e. The van der Waals surface area contributed by atoms with Gasteiger partial charge in [0.05, 0.1) is 11.5 Å². The minimum atomic E-state index is -1.20. The number of nitro groups is 1. The fraction of sp³-hybridized carbons (Fsp3) is 0.238. The largest absolute Gasteiger partial charge is 0.494 e. The number of nitro benzene ring substituents is 1. The molecule has 0 bridgehead atoms. The Kier molecular flexibility index (Phi) is 6.01. The lowest BCUT2D eigenvalue weighted by atomic mass is 10.1. The molecule has 1 atom stereocenters. The third kappa shape index (κ3) is 4.24. The zero-order chi connectivity index (χ0) is 21.8. The highest BCUT2D eigenvalue weighted by Crippen LogP contribution is 2.30. The molecule has 0 fully saturated rings. The van der Waals surface area contributed by atoms with Gasteiger partial charge in [-0.2, -0.15) is 0 Å². The first-order valence-electron chi connectivity index (χ1n) is 9.23. The Morgan fingerprint density at radius 3 is 2.67 bits per heavy atom. The second kappa shape index (κ2) is 8.64. The maximum atomic E-state index is 12.6. The van der Waals surface area contributed by atoms with Gasteiger partial charge in [-0.05, 0) is 45.0 Å². The van der Waals surface area contributed by atoms with E-state index in [9.17, 15) is 19.7 Å². The number of benzene rings is 2. The number of carbonyl (C=O) groups excluding carboxylic acids is 2. The maximum absolute atomic E-state index is 12.6. The summed E-state index contributed by atoms with van der Waals surface area (Å²) in [5.41, 5.74) is 0.796. The molecule has 1 aromatic heterocycles. The van der Waals surface area contributed by atoms with Crippen molar-refractivity contribution >= 4 is 34.2 Å². The zero-order valence-electron chi connectivity index (χ0n) is 16.6. The van der Waals surface area contributed by atoms with Crippen molar-refractivity contribution in [2.75, 3.05) is 11.9 Å². The summed E-state index contributed by atoms with van der Waals surface area (Å²) in [5, 5.41) is 14.2. The molecule has 30 heavy (non-hydrogen) atoms. The zero-order valence-corrected chi connectivity index (χ0v) is 16.6. The fourth-order valence-corrected chi connectivity index (χ4v) is 2.89. The molecule has 0 aliphatic heterocycles. The van der Waals surface area contributed by atoms with Gasteiger partial charge in [0, 0.05) is 17.0 Å². The van der Waals surface area contributed by atoms with Crippen LogP contribution in [0.25, 0.3) is 11.0 Å². The lowest BCUT2D eigenvalue weighted by Gasteiger charge is -2.13. The number of para-hydroxylation sites is 2. The molecule has 156 valence electrons. The van der Waals surface area contributed by atoms with Crippen LogP contribution in [0.2, 0.25) is 0 Å². The van der Waals surface area contributed by atoms with Crippen LogP contribution in [-0.4, -0.2) is 29.5 Å². The number of fused-ring (bicyclic) bond motifs is 1. The van der Waals surface area contributed by atoms with Crippen LogP contribution in [0.15, 0.2) is 46.9 Å². The van der Waals surface area contributed by atoms with Gasteiger partial charge in [0.2, 0.25) is 5.76 Å². The van der Waals surface area contributed by atoms with Crippen molar-refractivity contribution in [3.8, 4) is 5.75 Å². The molecule has 9 nitrogen and oxygen atoms in total. The van der Waals surface area contributed by atoms with E-state index >= 15 is 0 Å². The molecular weight excluding hydrogens is 392 g/mol. The quantitative estimate of drug-likeness (QED) is 0.350. The number of nitrogens with zero attached hydrogens (tertiary/aromatic N) is 1. The lowest BCUT2D eigenvalue weighted by molar-refractivity contribution is -0.383. The highest BCUT2D eigenvalue weighted by Gasteiger charge is 2.25. The minimum absolute atomic E-state index is 0.0128. The Hall–Kier alpha value is -3.88. The first-order valence-corrected chi connectivity index (χ1v) is 9.23. The number of furan rings is 1. The highest BCUT2D eigenvalue weighted by atomic mass is 16.6. The Bertz CT molecular complexity index is 1120. The molecule has 9 heteroatoms. The Morgan fingerprint density at radius 1 is 1.23 bits per heavy atom. The van der Waals surface area contributed by atoms with Crippen LogP contribution in [-0.2, 0) is 9.53 Å². The van der Waals surface area contributed by atoms with Crippen LogP contribution in [0.1, 0.15) is 30.0 Å². The molecule has 0 aliphatic carbocycles. The molecule has 0 aliphatic rings. The second-order valence-electron chi connectivity index (χ2n) is 6.46. The smallest absolute Gasteiger partial charge is 0.375 e. The Morgan fingerprint density at radius 2 is 1.97 bits per heavy atom. The molecular formula is C21H20N2O7. The average Bonchev–Trinajstić information content (AvgIpc) is 3.04.